The molecule has 138 valence electrons. The molecule has 5 heteroatoms. The summed E-state index contributed by atoms with van der Waals surface area (Å²) in [6.45, 7) is 1.69. The number of amides is 2. The van der Waals surface area contributed by atoms with E-state index in [4.69, 9.17) is 4.74 Å². The number of carbonyl (C=O) groups excluding carboxylic acids is 3. The normalized spacial score (nSPS) is 14.0. The summed E-state index contributed by atoms with van der Waals surface area (Å²) >= 11 is 0. The number of rotatable bonds is 5. The summed E-state index contributed by atoms with van der Waals surface area (Å²) in [6, 6.07) is 22.3. The van der Waals surface area contributed by atoms with Gasteiger partial charge in [0.2, 0.25) is 5.78 Å². The molecule has 1 aliphatic heterocycles. The molecule has 0 spiro atoms. The first-order valence-corrected chi connectivity index (χ1v) is 8.90. The molecule has 0 N–H and O–H groups in total. The minimum absolute atomic E-state index is 0.120. The maximum atomic E-state index is 12.5. The average Bonchev–Trinajstić information content (AvgIpc) is 2.99. The molecule has 3 aromatic rings. The number of hydrogen-bond acceptors (Lipinski definition) is 4. The van der Waals surface area contributed by atoms with Crippen LogP contribution in [-0.2, 0) is 0 Å². The zero-order valence-electron chi connectivity index (χ0n) is 15.2. The van der Waals surface area contributed by atoms with Crippen LogP contribution in [0.4, 0.5) is 5.69 Å². The molecule has 0 aliphatic carbocycles. The van der Waals surface area contributed by atoms with E-state index in [1.165, 1.54) is 0 Å². The minimum Gasteiger partial charge on any atom is -0.483 e. The van der Waals surface area contributed by atoms with Gasteiger partial charge in [0.1, 0.15) is 5.75 Å². The monoisotopic (exact) mass is 371 g/mol. The third-order valence-electron chi connectivity index (χ3n) is 4.63. The highest BCUT2D eigenvalue weighted by molar-refractivity contribution is 6.34. The molecule has 0 fully saturated rings. The van der Waals surface area contributed by atoms with Gasteiger partial charge in [-0.25, -0.2) is 4.90 Å². The quantitative estimate of drug-likeness (QED) is 0.500. The molecule has 0 radical (unpaired) electrons. The fraction of sp³-hybridized carbons (Fsp3) is 0.0870. The Morgan fingerprint density at radius 3 is 1.89 bits per heavy atom. The number of ether oxygens (including phenoxy) is 1. The SMILES string of the molecule is C[C@@H](Oc1ccc(N2C(=O)c3ccccc3C2=O)cc1)C(=O)c1ccccc1. The highest BCUT2D eigenvalue weighted by Gasteiger charge is 2.36. The maximum absolute atomic E-state index is 12.5. The lowest BCUT2D eigenvalue weighted by Crippen LogP contribution is -2.29. The molecule has 0 aromatic heterocycles. The van der Waals surface area contributed by atoms with Gasteiger partial charge < -0.3 is 4.74 Å². The van der Waals surface area contributed by atoms with Gasteiger partial charge in [-0.05, 0) is 43.3 Å². The van der Waals surface area contributed by atoms with E-state index in [0.717, 1.165) is 4.90 Å². The molecule has 1 heterocycles. The number of anilines is 1. The summed E-state index contributed by atoms with van der Waals surface area (Å²) in [5, 5.41) is 0. The second kappa shape index (κ2) is 7.12. The molecule has 0 saturated heterocycles. The van der Waals surface area contributed by atoms with E-state index in [-0.39, 0.29) is 17.6 Å². The third-order valence-corrected chi connectivity index (χ3v) is 4.63. The number of fused-ring (bicyclic) bond motifs is 1. The van der Waals surface area contributed by atoms with Crippen molar-refractivity contribution < 1.29 is 19.1 Å². The summed E-state index contributed by atoms with van der Waals surface area (Å²) in [6.07, 6.45) is -0.660. The van der Waals surface area contributed by atoms with Crippen LogP contribution >= 0.6 is 0 Å². The Kier molecular flexibility index (Phi) is 4.49. The molecule has 4 rings (SSSR count). The maximum Gasteiger partial charge on any atom is 0.266 e. The predicted molar refractivity (Wildman–Crippen MR) is 105 cm³/mol. The number of Topliss-reactive ketones (excluding diaryl/α,β-unsaturated/α-hetero) is 1. The lowest BCUT2D eigenvalue weighted by Gasteiger charge is -2.16. The van der Waals surface area contributed by atoms with Gasteiger partial charge >= 0.3 is 0 Å². The van der Waals surface area contributed by atoms with Gasteiger partial charge in [-0.3, -0.25) is 14.4 Å². The van der Waals surface area contributed by atoms with Crippen LogP contribution in [0.15, 0.2) is 78.9 Å². The molecule has 0 bridgehead atoms. The summed E-state index contributed by atoms with van der Waals surface area (Å²) in [5.74, 6) is -0.328. The summed E-state index contributed by atoms with van der Waals surface area (Å²) in [4.78, 5) is 38.7. The molecule has 28 heavy (non-hydrogen) atoms. The Labute approximate surface area is 162 Å². The Balaban J connectivity index is 1.50. The standard InChI is InChI=1S/C23H17NO4/c1-15(21(25)16-7-3-2-4-8-16)28-18-13-11-17(12-14-18)24-22(26)19-9-5-6-10-20(19)23(24)27/h2-15H,1H3/t15-/m1/s1. The van der Waals surface area contributed by atoms with Crippen LogP contribution < -0.4 is 9.64 Å². The highest BCUT2D eigenvalue weighted by atomic mass is 16.5. The first-order chi connectivity index (χ1) is 13.6. The second-order valence-corrected chi connectivity index (χ2v) is 6.48. The number of carbonyl (C=O) groups is 3. The van der Waals surface area contributed by atoms with Gasteiger partial charge in [-0.15, -0.1) is 0 Å². The van der Waals surface area contributed by atoms with Crippen LogP contribution in [0.5, 0.6) is 5.75 Å². The van der Waals surface area contributed by atoms with Crippen LogP contribution in [0.25, 0.3) is 0 Å². The predicted octanol–water partition coefficient (Wildman–Crippen LogP) is 4.14. The highest BCUT2D eigenvalue weighted by Crippen LogP contribution is 2.29. The van der Waals surface area contributed by atoms with Gasteiger partial charge in [0.25, 0.3) is 11.8 Å². The summed E-state index contributed by atoms with van der Waals surface area (Å²) in [7, 11) is 0. The molecule has 3 aromatic carbocycles. The fourth-order valence-electron chi connectivity index (χ4n) is 3.19. The van der Waals surface area contributed by atoms with Crippen molar-refractivity contribution in [3.63, 3.8) is 0 Å². The summed E-state index contributed by atoms with van der Waals surface area (Å²) in [5.41, 5.74) is 1.84. The van der Waals surface area contributed by atoms with E-state index in [9.17, 15) is 14.4 Å². The van der Waals surface area contributed by atoms with Crippen molar-refractivity contribution in [2.75, 3.05) is 4.90 Å². The molecular formula is C23H17NO4. The van der Waals surface area contributed by atoms with E-state index in [0.29, 0.717) is 28.1 Å². The van der Waals surface area contributed by atoms with Crippen LogP contribution in [-0.4, -0.2) is 23.7 Å². The number of nitrogens with zero attached hydrogens (tertiary/aromatic N) is 1. The zero-order valence-corrected chi connectivity index (χ0v) is 15.2. The van der Waals surface area contributed by atoms with Crippen LogP contribution in [0.1, 0.15) is 38.0 Å². The lowest BCUT2D eigenvalue weighted by atomic mass is 10.1. The topological polar surface area (TPSA) is 63.7 Å². The molecule has 1 atom stereocenters. The van der Waals surface area contributed by atoms with Crippen LogP contribution in [0.2, 0.25) is 0 Å². The zero-order chi connectivity index (χ0) is 19.7. The van der Waals surface area contributed by atoms with Crippen molar-refractivity contribution in [3.05, 3.63) is 95.6 Å². The van der Waals surface area contributed by atoms with Crippen molar-refractivity contribution >= 4 is 23.3 Å². The van der Waals surface area contributed by atoms with Crippen molar-refractivity contribution in [2.24, 2.45) is 0 Å². The number of ketones is 1. The Hall–Kier alpha value is -3.73. The Morgan fingerprint density at radius 1 is 0.786 bits per heavy atom. The summed E-state index contributed by atoms with van der Waals surface area (Å²) < 4.78 is 5.73. The van der Waals surface area contributed by atoms with Gasteiger partial charge in [-0.2, -0.15) is 0 Å². The lowest BCUT2D eigenvalue weighted by molar-refractivity contribution is 0.0818. The largest absolute Gasteiger partial charge is 0.483 e. The number of benzene rings is 3. The van der Waals surface area contributed by atoms with E-state index in [2.05, 4.69) is 0 Å². The minimum atomic E-state index is -0.660. The van der Waals surface area contributed by atoms with Crippen molar-refractivity contribution in [3.8, 4) is 5.75 Å². The number of imide groups is 1. The first-order valence-electron chi connectivity index (χ1n) is 8.90. The van der Waals surface area contributed by atoms with Crippen molar-refractivity contribution in [1.82, 2.24) is 0 Å². The molecular weight excluding hydrogens is 354 g/mol. The van der Waals surface area contributed by atoms with Gasteiger partial charge in [-0.1, -0.05) is 42.5 Å². The molecule has 0 unspecified atom stereocenters. The Bertz CT molecular complexity index is 1020. The second-order valence-electron chi connectivity index (χ2n) is 6.48. The Morgan fingerprint density at radius 2 is 1.32 bits per heavy atom. The van der Waals surface area contributed by atoms with Crippen molar-refractivity contribution in [2.45, 2.75) is 13.0 Å². The van der Waals surface area contributed by atoms with Crippen molar-refractivity contribution in [1.29, 1.82) is 0 Å². The van der Waals surface area contributed by atoms with E-state index in [1.807, 2.05) is 6.07 Å². The fourth-order valence-corrected chi connectivity index (χ4v) is 3.19. The first kappa shape index (κ1) is 17.7. The van der Waals surface area contributed by atoms with Gasteiger partial charge in [0, 0.05) is 5.56 Å². The van der Waals surface area contributed by atoms with E-state index in [1.54, 1.807) is 79.7 Å². The van der Waals surface area contributed by atoms with Gasteiger partial charge in [0.05, 0.1) is 16.8 Å². The van der Waals surface area contributed by atoms with E-state index >= 15 is 0 Å². The molecule has 1 aliphatic rings. The third kappa shape index (κ3) is 3.07. The molecule has 5 nitrogen and oxygen atoms in total. The molecule has 2 amide bonds. The van der Waals surface area contributed by atoms with Gasteiger partial charge in [0.15, 0.2) is 6.10 Å². The number of hydrogen-bond donors (Lipinski definition) is 0. The average molecular weight is 371 g/mol. The smallest absolute Gasteiger partial charge is 0.266 e. The molecule has 0 saturated carbocycles. The van der Waals surface area contributed by atoms with Crippen LogP contribution in [0.3, 0.4) is 0 Å². The van der Waals surface area contributed by atoms with Crippen LogP contribution in [0, 0.1) is 0 Å². The van der Waals surface area contributed by atoms with E-state index < -0.39 is 6.10 Å².